The van der Waals surface area contributed by atoms with Crippen molar-refractivity contribution in [3.8, 4) is 11.3 Å². The first-order chi connectivity index (χ1) is 13.6. The lowest BCUT2D eigenvalue weighted by Crippen LogP contribution is -2.49. The second kappa shape index (κ2) is 6.45. The SMILES string of the molecule is CC1CN(c2ccc3nc(-c4ccc5nn(C)cc5c4)cc(=O)n3c2)CCN1. The second-order valence-electron chi connectivity index (χ2n) is 7.47. The average molecular weight is 374 g/mol. The van der Waals surface area contributed by atoms with Crippen molar-refractivity contribution in [1.29, 1.82) is 0 Å². The molecule has 0 amide bonds. The predicted octanol–water partition coefficient (Wildman–Crippen LogP) is 2.05. The third-order valence-corrected chi connectivity index (χ3v) is 5.29. The van der Waals surface area contributed by atoms with Gasteiger partial charge in [0, 0.05) is 62.1 Å². The van der Waals surface area contributed by atoms with Crippen molar-refractivity contribution in [2.45, 2.75) is 13.0 Å². The van der Waals surface area contributed by atoms with Crippen LogP contribution in [0.2, 0.25) is 0 Å². The lowest BCUT2D eigenvalue weighted by Gasteiger charge is -2.33. The minimum absolute atomic E-state index is 0.0729. The Balaban J connectivity index is 1.56. The summed E-state index contributed by atoms with van der Waals surface area (Å²) in [6.45, 7) is 4.98. The lowest BCUT2D eigenvalue weighted by atomic mass is 10.1. The van der Waals surface area contributed by atoms with Crippen LogP contribution in [0.15, 0.2) is 53.6 Å². The first-order valence-corrected chi connectivity index (χ1v) is 9.52. The zero-order valence-electron chi connectivity index (χ0n) is 16.0. The molecule has 0 radical (unpaired) electrons. The van der Waals surface area contributed by atoms with E-state index < -0.39 is 0 Å². The Labute approximate surface area is 162 Å². The molecule has 1 saturated heterocycles. The van der Waals surface area contributed by atoms with E-state index in [0.717, 1.165) is 41.8 Å². The topological polar surface area (TPSA) is 67.5 Å². The number of nitrogens with one attached hydrogen (secondary N) is 1. The molecule has 1 aliphatic rings. The quantitative estimate of drug-likeness (QED) is 0.582. The van der Waals surface area contributed by atoms with Crippen LogP contribution >= 0.6 is 0 Å². The molecule has 28 heavy (non-hydrogen) atoms. The highest BCUT2D eigenvalue weighted by Gasteiger charge is 2.17. The van der Waals surface area contributed by atoms with E-state index in [4.69, 9.17) is 4.98 Å². The van der Waals surface area contributed by atoms with E-state index in [9.17, 15) is 4.79 Å². The zero-order valence-corrected chi connectivity index (χ0v) is 16.0. The maximum atomic E-state index is 12.8. The Bertz CT molecular complexity index is 1240. The monoisotopic (exact) mass is 374 g/mol. The highest BCUT2D eigenvalue weighted by atomic mass is 16.1. The molecule has 0 spiro atoms. The van der Waals surface area contributed by atoms with E-state index in [2.05, 4.69) is 22.2 Å². The van der Waals surface area contributed by atoms with E-state index in [1.54, 1.807) is 15.1 Å². The van der Waals surface area contributed by atoms with Gasteiger partial charge in [-0.15, -0.1) is 0 Å². The molecule has 142 valence electrons. The Morgan fingerprint density at radius 2 is 2.04 bits per heavy atom. The van der Waals surface area contributed by atoms with E-state index in [1.807, 2.05) is 49.8 Å². The molecule has 5 rings (SSSR count). The number of anilines is 1. The first-order valence-electron chi connectivity index (χ1n) is 9.52. The van der Waals surface area contributed by atoms with Crippen molar-refractivity contribution < 1.29 is 0 Å². The van der Waals surface area contributed by atoms with Gasteiger partial charge < -0.3 is 10.2 Å². The smallest absolute Gasteiger partial charge is 0.258 e. The number of fused-ring (bicyclic) bond motifs is 2. The molecule has 1 fully saturated rings. The van der Waals surface area contributed by atoms with Crippen molar-refractivity contribution >= 4 is 22.2 Å². The summed E-state index contributed by atoms with van der Waals surface area (Å²) >= 11 is 0. The van der Waals surface area contributed by atoms with Crippen molar-refractivity contribution in [2.75, 3.05) is 24.5 Å². The number of aryl methyl sites for hydroxylation is 1. The van der Waals surface area contributed by atoms with Gasteiger partial charge in [0.05, 0.1) is 16.9 Å². The van der Waals surface area contributed by atoms with Crippen LogP contribution in [0.4, 0.5) is 5.69 Å². The molecule has 4 heterocycles. The minimum atomic E-state index is -0.0729. The van der Waals surface area contributed by atoms with Crippen LogP contribution < -0.4 is 15.8 Å². The molecule has 0 bridgehead atoms. The molecule has 1 aromatic carbocycles. The van der Waals surface area contributed by atoms with Crippen molar-refractivity contribution in [3.63, 3.8) is 0 Å². The second-order valence-corrected chi connectivity index (χ2v) is 7.47. The molecule has 7 heteroatoms. The average Bonchev–Trinajstić information content (AvgIpc) is 3.07. The van der Waals surface area contributed by atoms with Crippen molar-refractivity contribution in [3.05, 3.63) is 59.1 Å². The summed E-state index contributed by atoms with van der Waals surface area (Å²) in [5.41, 5.74) is 4.16. The molecule has 4 aromatic rings. The molecule has 1 N–H and O–H groups in total. The van der Waals surface area contributed by atoms with Gasteiger partial charge in [-0.1, -0.05) is 6.07 Å². The number of aromatic nitrogens is 4. The Kier molecular flexibility index (Phi) is 3.91. The zero-order chi connectivity index (χ0) is 19.3. The number of pyridine rings is 1. The fourth-order valence-electron chi connectivity index (χ4n) is 3.90. The van der Waals surface area contributed by atoms with E-state index in [0.29, 0.717) is 17.4 Å². The van der Waals surface area contributed by atoms with E-state index >= 15 is 0 Å². The van der Waals surface area contributed by atoms with Crippen LogP contribution in [-0.2, 0) is 7.05 Å². The largest absolute Gasteiger partial charge is 0.368 e. The molecule has 1 unspecified atom stereocenters. The molecule has 0 saturated carbocycles. The Morgan fingerprint density at radius 1 is 1.14 bits per heavy atom. The summed E-state index contributed by atoms with van der Waals surface area (Å²) in [5, 5.41) is 8.87. The number of benzene rings is 1. The van der Waals surface area contributed by atoms with Crippen LogP contribution in [-0.4, -0.2) is 44.8 Å². The molecule has 3 aromatic heterocycles. The van der Waals surface area contributed by atoms with E-state index in [1.165, 1.54) is 0 Å². The molecule has 1 aliphatic heterocycles. The minimum Gasteiger partial charge on any atom is -0.368 e. The molecule has 7 nitrogen and oxygen atoms in total. The van der Waals surface area contributed by atoms with Crippen molar-refractivity contribution in [1.82, 2.24) is 24.5 Å². The van der Waals surface area contributed by atoms with Gasteiger partial charge >= 0.3 is 0 Å². The maximum absolute atomic E-state index is 12.8. The summed E-state index contributed by atoms with van der Waals surface area (Å²) in [6.07, 6.45) is 3.87. The van der Waals surface area contributed by atoms with Gasteiger partial charge in [0.15, 0.2) is 0 Å². The van der Waals surface area contributed by atoms with Crippen LogP contribution in [0.25, 0.3) is 27.8 Å². The predicted molar refractivity (Wildman–Crippen MR) is 111 cm³/mol. The Morgan fingerprint density at radius 3 is 2.89 bits per heavy atom. The lowest BCUT2D eigenvalue weighted by molar-refractivity contribution is 0.484. The fourth-order valence-corrected chi connectivity index (χ4v) is 3.90. The normalized spacial score (nSPS) is 17.5. The van der Waals surface area contributed by atoms with Gasteiger partial charge in [-0.25, -0.2) is 4.98 Å². The third kappa shape index (κ3) is 2.93. The highest BCUT2D eigenvalue weighted by Crippen LogP contribution is 2.23. The van der Waals surface area contributed by atoms with Gasteiger partial charge in [-0.3, -0.25) is 13.9 Å². The van der Waals surface area contributed by atoms with Gasteiger partial charge in [0.2, 0.25) is 0 Å². The first kappa shape index (κ1) is 16.9. The molecular formula is C21H22N6O. The maximum Gasteiger partial charge on any atom is 0.258 e. The van der Waals surface area contributed by atoms with Gasteiger partial charge in [-0.2, -0.15) is 5.10 Å². The van der Waals surface area contributed by atoms with Gasteiger partial charge in [0.1, 0.15) is 5.65 Å². The summed E-state index contributed by atoms with van der Waals surface area (Å²) < 4.78 is 3.42. The third-order valence-electron chi connectivity index (χ3n) is 5.29. The van der Waals surface area contributed by atoms with Crippen LogP contribution in [0.3, 0.4) is 0 Å². The fraction of sp³-hybridized carbons (Fsp3) is 0.286. The molecular weight excluding hydrogens is 352 g/mol. The molecule has 0 aliphatic carbocycles. The Hall–Kier alpha value is -3.19. The van der Waals surface area contributed by atoms with Crippen LogP contribution in [0.1, 0.15) is 6.92 Å². The number of hydrogen-bond acceptors (Lipinski definition) is 5. The number of rotatable bonds is 2. The summed E-state index contributed by atoms with van der Waals surface area (Å²) in [5.74, 6) is 0. The summed E-state index contributed by atoms with van der Waals surface area (Å²) in [6, 6.07) is 12.0. The summed E-state index contributed by atoms with van der Waals surface area (Å²) in [7, 11) is 1.90. The number of hydrogen-bond donors (Lipinski definition) is 1. The highest BCUT2D eigenvalue weighted by molar-refractivity contribution is 5.83. The van der Waals surface area contributed by atoms with Crippen LogP contribution in [0, 0.1) is 0 Å². The number of nitrogens with zero attached hydrogens (tertiary/aromatic N) is 5. The summed E-state index contributed by atoms with van der Waals surface area (Å²) in [4.78, 5) is 19.8. The standard InChI is InChI=1S/C21H22N6O/c1-14-11-26(8-7-22-14)17-4-6-20-23-19(10-21(28)27(20)13-17)15-3-5-18-16(9-15)12-25(2)24-18/h3-6,9-10,12-14,22H,7-8,11H2,1-2H3. The number of piperazine rings is 1. The van der Waals surface area contributed by atoms with Crippen LogP contribution in [0.5, 0.6) is 0 Å². The van der Waals surface area contributed by atoms with E-state index in [-0.39, 0.29) is 5.56 Å². The van der Waals surface area contributed by atoms with Gasteiger partial charge in [-0.05, 0) is 31.2 Å². The van der Waals surface area contributed by atoms with Crippen molar-refractivity contribution in [2.24, 2.45) is 7.05 Å². The molecule has 1 atom stereocenters. The van der Waals surface area contributed by atoms with Gasteiger partial charge in [0.25, 0.3) is 5.56 Å².